The third-order valence-corrected chi connectivity index (χ3v) is 1.15. The molecule has 0 fully saturated rings. The molecule has 4 heteroatoms. The molecule has 1 aromatic carbocycles. The van der Waals surface area contributed by atoms with Crippen LogP contribution in [-0.4, -0.2) is 5.97 Å². The largest absolute Gasteiger partial charge is 0.545 e. The molecule has 0 aromatic heterocycles. The smallest absolute Gasteiger partial charge is 0.0715 e. The molecule has 0 atom stereocenters. The second kappa shape index (κ2) is 3.58. The van der Waals surface area contributed by atoms with Gasteiger partial charge in [0.15, 0.2) is 0 Å². The van der Waals surface area contributed by atoms with Gasteiger partial charge in [0.25, 0.3) is 0 Å². The van der Waals surface area contributed by atoms with E-state index in [4.69, 9.17) is 5.73 Å². The third kappa shape index (κ3) is 2.27. The van der Waals surface area contributed by atoms with Crippen LogP contribution in [0.4, 0.5) is 5.69 Å². The molecule has 0 aliphatic heterocycles. The standard InChI is InChI=1S/C7H7NO2.H3N/c8-6-3-1-5(2-4-6)7(9)10;/h1-4H,8H2,(H,9,10);1H3. The first-order valence-electron chi connectivity index (χ1n) is 2.77. The van der Waals surface area contributed by atoms with E-state index in [0.29, 0.717) is 5.69 Å². The summed E-state index contributed by atoms with van der Waals surface area (Å²) in [5, 5.41) is 10.2. The number of benzene rings is 1. The minimum atomic E-state index is -1.18. The highest BCUT2D eigenvalue weighted by atomic mass is 16.4. The molecule has 1 rings (SSSR count). The van der Waals surface area contributed by atoms with Crippen LogP contribution in [0.15, 0.2) is 24.3 Å². The van der Waals surface area contributed by atoms with Gasteiger partial charge in [-0.15, -0.1) is 0 Å². The first-order chi connectivity index (χ1) is 4.70. The molecule has 0 aliphatic carbocycles. The van der Waals surface area contributed by atoms with Gasteiger partial charge >= 0.3 is 0 Å². The summed E-state index contributed by atoms with van der Waals surface area (Å²) < 4.78 is 0. The highest BCUT2D eigenvalue weighted by molar-refractivity contribution is 5.86. The van der Waals surface area contributed by atoms with Gasteiger partial charge in [0.05, 0.1) is 5.97 Å². The van der Waals surface area contributed by atoms with Crippen molar-refractivity contribution in [2.45, 2.75) is 0 Å². The molecule has 4 nitrogen and oxygen atoms in total. The van der Waals surface area contributed by atoms with E-state index in [0.717, 1.165) is 0 Å². The number of hydrogen-bond donors (Lipinski definition) is 2. The molecule has 0 saturated heterocycles. The number of carbonyl (C=O) groups is 1. The van der Waals surface area contributed by atoms with Crippen molar-refractivity contribution >= 4 is 11.7 Å². The van der Waals surface area contributed by atoms with Crippen molar-refractivity contribution in [1.29, 1.82) is 0 Å². The lowest BCUT2D eigenvalue weighted by atomic mass is 10.2. The van der Waals surface area contributed by atoms with Crippen molar-refractivity contribution in [2.75, 3.05) is 5.73 Å². The van der Waals surface area contributed by atoms with Gasteiger partial charge in [-0.2, -0.15) is 0 Å². The molecule has 1 aromatic rings. The number of nitrogen functional groups attached to an aromatic ring is 1. The van der Waals surface area contributed by atoms with Crippen molar-refractivity contribution < 1.29 is 9.90 Å². The van der Waals surface area contributed by atoms with Crippen molar-refractivity contribution in [3.8, 4) is 0 Å². The quantitative estimate of drug-likeness (QED) is 0.556. The maximum absolute atomic E-state index is 10.2. The van der Waals surface area contributed by atoms with Gasteiger partial charge in [0.1, 0.15) is 0 Å². The van der Waals surface area contributed by atoms with Crippen LogP contribution >= 0.6 is 0 Å². The van der Waals surface area contributed by atoms with Crippen LogP contribution in [0.1, 0.15) is 10.4 Å². The molecule has 6 N–H and O–H groups in total. The first kappa shape index (κ1) is 9.45. The topological polar surface area (TPSA) is 103 Å². The van der Waals surface area contributed by atoms with E-state index in [-0.39, 0.29) is 11.7 Å². The van der Waals surface area contributed by atoms with Crippen LogP contribution < -0.4 is 17.0 Å². The zero-order chi connectivity index (χ0) is 7.56. The average Bonchev–Trinajstić information content (AvgIpc) is 1.88. The number of nitrogens with two attached hydrogens (primary N) is 1. The summed E-state index contributed by atoms with van der Waals surface area (Å²) in [4.78, 5) is 10.2. The Balaban J connectivity index is 0.000001000. The Labute approximate surface area is 64.2 Å². The number of quaternary nitrogens is 1. The Morgan fingerprint density at radius 2 is 1.73 bits per heavy atom. The summed E-state index contributed by atoms with van der Waals surface area (Å²) >= 11 is 0. The molecule has 0 radical (unpaired) electrons. The lowest BCUT2D eigenvalue weighted by molar-refractivity contribution is -0.255. The molecule has 60 valence electrons. The zero-order valence-electron chi connectivity index (χ0n) is 6.20. The summed E-state index contributed by atoms with van der Waals surface area (Å²) in [5.74, 6) is -1.18. The fourth-order valence-electron chi connectivity index (χ4n) is 0.619. The number of rotatable bonds is 1. The highest BCUT2D eigenvalue weighted by Crippen LogP contribution is 2.03. The van der Waals surface area contributed by atoms with Crippen molar-refractivity contribution in [2.24, 2.45) is 0 Å². The Bertz CT molecular complexity index is 243. The number of anilines is 1. The Morgan fingerprint density at radius 1 is 1.27 bits per heavy atom. The number of carboxylic acids is 1. The molecule has 11 heavy (non-hydrogen) atoms. The van der Waals surface area contributed by atoms with Gasteiger partial charge in [-0.05, 0) is 17.7 Å². The van der Waals surface area contributed by atoms with E-state index in [1.165, 1.54) is 24.3 Å². The van der Waals surface area contributed by atoms with Gasteiger partial charge < -0.3 is 21.8 Å². The average molecular weight is 154 g/mol. The molecule has 0 bridgehead atoms. The van der Waals surface area contributed by atoms with E-state index in [1.54, 1.807) is 0 Å². The van der Waals surface area contributed by atoms with Gasteiger partial charge in [-0.25, -0.2) is 0 Å². The van der Waals surface area contributed by atoms with E-state index in [1.807, 2.05) is 0 Å². The predicted octanol–water partition coefficient (Wildman–Crippen LogP) is 0.00850. The summed E-state index contributed by atoms with van der Waals surface area (Å²) in [6.07, 6.45) is 0. The molecule has 0 saturated carbocycles. The Morgan fingerprint density at radius 3 is 2.09 bits per heavy atom. The van der Waals surface area contributed by atoms with Crippen molar-refractivity contribution in [3.63, 3.8) is 0 Å². The highest BCUT2D eigenvalue weighted by Gasteiger charge is 1.89. The first-order valence-corrected chi connectivity index (χ1v) is 2.77. The second-order valence-electron chi connectivity index (χ2n) is 1.91. The summed E-state index contributed by atoms with van der Waals surface area (Å²) in [6.45, 7) is 0. The maximum atomic E-state index is 10.2. The minimum Gasteiger partial charge on any atom is -0.545 e. The van der Waals surface area contributed by atoms with Crippen LogP contribution in [0.3, 0.4) is 0 Å². The van der Waals surface area contributed by atoms with Crippen molar-refractivity contribution in [3.05, 3.63) is 29.8 Å². The fraction of sp³-hybridized carbons (Fsp3) is 0. The van der Waals surface area contributed by atoms with Gasteiger partial charge in [0.2, 0.25) is 0 Å². The molecular formula is C7H10N2O2. The van der Waals surface area contributed by atoms with E-state index in [9.17, 15) is 9.90 Å². The number of hydrogen-bond acceptors (Lipinski definition) is 3. The van der Waals surface area contributed by atoms with Gasteiger partial charge in [-0.1, -0.05) is 12.1 Å². The molecule has 0 aliphatic rings. The van der Waals surface area contributed by atoms with Crippen LogP contribution in [0.25, 0.3) is 0 Å². The maximum Gasteiger partial charge on any atom is 0.0715 e. The summed E-state index contributed by atoms with van der Waals surface area (Å²) in [5.41, 5.74) is 6.01. The lowest BCUT2D eigenvalue weighted by Crippen LogP contribution is -2.21. The number of carboxylic acid groups (broad SMARTS) is 1. The molecular weight excluding hydrogens is 144 g/mol. The van der Waals surface area contributed by atoms with E-state index < -0.39 is 5.97 Å². The van der Waals surface area contributed by atoms with Gasteiger partial charge in [-0.3, -0.25) is 0 Å². The van der Waals surface area contributed by atoms with Crippen molar-refractivity contribution in [1.82, 2.24) is 6.15 Å². The SMILES string of the molecule is Nc1ccc(C(=O)[O-])cc1.[NH4+]. The molecule has 0 unspecified atom stereocenters. The second-order valence-corrected chi connectivity index (χ2v) is 1.91. The fourth-order valence-corrected chi connectivity index (χ4v) is 0.619. The predicted molar refractivity (Wildman–Crippen MR) is 41.2 cm³/mol. The van der Waals surface area contributed by atoms with Crippen LogP contribution in [-0.2, 0) is 0 Å². The number of carbonyl (C=O) groups excluding carboxylic acids is 1. The Hall–Kier alpha value is -1.55. The minimum absolute atomic E-state index is 0. The third-order valence-electron chi connectivity index (χ3n) is 1.15. The molecule has 0 spiro atoms. The summed E-state index contributed by atoms with van der Waals surface area (Å²) in [7, 11) is 0. The van der Waals surface area contributed by atoms with Crippen LogP contribution in [0, 0.1) is 0 Å². The molecule has 0 heterocycles. The zero-order valence-corrected chi connectivity index (χ0v) is 6.20. The molecule has 0 amide bonds. The normalized spacial score (nSPS) is 8.36. The van der Waals surface area contributed by atoms with Crippen LogP contribution in [0.2, 0.25) is 0 Å². The summed E-state index contributed by atoms with van der Waals surface area (Å²) in [6, 6.07) is 5.85. The Kier molecular flexibility index (Phi) is 3.07. The van der Waals surface area contributed by atoms with Crippen LogP contribution in [0.5, 0.6) is 0 Å². The number of aromatic carboxylic acids is 1. The van der Waals surface area contributed by atoms with E-state index >= 15 is 0 Å². The van der Waals surface area contributed by atoms with Gasteiger partial charge in [0, 0.05) is 5.69 Å². The lowest BCUT2D eigenvalue weighted by Gasteiger charge is -2.00. The van der Waals surface area contributed by atoms with E-state index in [2.05, 4.69) is 0 Å². The monoisotopic (exact) mass is 154 g/mol.